The Kier molecular flexibility index (Phi) is 4.43. The van der Waals surface area contributed by atoms with Gasteiger partial charge in [-0.15, -0.1) is 0 Å². The molecule has 2 rings (SSSR count). The molecule has 19 heavy (non-hydrogen) atoms. The topological polar surface area (TPSA) is 60.8 Å². The quantitative estimate of drug-likeness (QED) is 0.856. The number of hydrogen-bond donors (Lipinski definition) is 2. The van der Waals surface area contributed by atoms with Crippen LogP contribution >= 0.6 is 0 Å². The molecule has 1 unspecified atom stereocenters. The van der Waals surface area contributed by atoms with E-state index >= 15 is 0 Å². The van der Waals surface area contributed by atoms with Gasteiger partial charge in [0.15, 0.2) is 0 Å². The number of nitrogens with zero attached hydrogens (tertiary/aromatic N) is 1. The summed E-state index contributed by atoms with van der Waals surface area (Å²) in [5, 5.41) is 18.0. The smallest absolute Gasteiger partial charge is 0.335 e. The van der Waals surface area contributed by atoms with Crippen LogP contribution in [-0.4, -0.2) is 35.4 Å². The van der Waals surface area contributed by atoms with E-state index in [2.05, 4.69) is 4.90 Å². The van der Waals surface area contributed by atoms with Crippen molar-refractivity contribution in [3.05, 3.63) is 29.3 Å². The number of aliphatic hydroxyl groups is 1. The van der Waals surface area contributed by atoms with Crippen molar-refractivity contribution in [2.75, 3.05) is 18.1 Å². The van der Waals surface area contributed by atoms with Gasteiger partial charge >= 0.3 is 5.97 Å². The van der Waals surface area contributed by atoms with E-state index in [1.807, 2.05) is 19.1 Å². The van der Waals surface area contributed by atoms with Crippen LogP contribution in [0.4, 0.5) is 5.69 Å². The summed E-state index contributed by atoms with van der Waals surface area (Å²) in [4.78, 5) is 13.4. The summed E-state index contributed by atoms with van der Waals surface area (Å²) in [6.07, 6.45) is 4.14. The van der Waals surface area contributed by atoms with Crippen molar-refractivity contribution in [3.63, 3.8) is 0 Å². The van der Waals surface area contributed by atoms with Gasteiger partial charge in [0.2, 0.25) is 0 Å². The minimum atomic E-state index is -0.873. The second-order valence-corrected chi connectivity index (χ2v) is 5.16. The Bertz CT molecular complexity index is 459. The van der Waals surface area contributed by atoms with Gasteiger partial charge < -0.3 is 15.1 Å². The molecule has 4 nitrogen and oxygen atoms in total. The van der Waals surface area contributed by atoms with Crippen LogP contribution in [-0.2, 0) is 0 Å². The number of aromatic carboxylic acids is 1. The normalized spacial score (nSPS) is 18.8. The number of anilines is 1. The summed E-state index contributed by atoms with van der Waals surface area (Å²) >= 11 is 0. The summed E-state index contributed by atoms with van der Waals surface area (Å²) < 4.78 is 0. The third-order valence-corrected chi connectivity index (χ3v) is 3.84. The van der Waals surface area contributed by atoms with E-state index in [0.29, 0.717) is 11.6 Å². The summed E-state index contributed by atoms with van der Waals surface area (Å²) in [7, 11) is 0. The fourth-order valence-corrected chi connectivity index (χ4v) is 2.87. The largest absolute Gasteiger partial charge is 0.478 e. The van der Waals surface area contributed by atoms with Gasteiger partial charge in [-0.05, 0) is 56.4 Å². The fourth-order valence-electron chi connectivity index (χ4n) is 2.87. The van der Waals surface area contributed by atoms with Crippen LogP contribution in [0.3, 0.4) is 0 Å². The van der Waals surface area contributed by atoms with Crippen molar-refractivity contribution in [2.45, 2.75) is 38.6 Å². The predicted octanol–water partition coefficient (Wildman–Crippen LogP) is 2.43. The predicted molar refractivity (Wildman–Crippen MR) is 74.8 cm³/mol. The minimum absolute atomic E-state index is 0.237. The molecule has 1 fully saturated rings. The van der Waals surface area contributed by atoms with E-state index in [9.17, 15) is 4.79 Å². The van der Waals surface area contributed by atoms with E-state index in [0.717, 1.165) is 43.5 Å². The van der Waals surface area contributed by atoms with Crippen LogP contribution in [0.2, 0.25) is 0 Å². The molecule has 0 bridgehead atoms. The molecule has 0 spiro atoms. The lowest BCUT2D eigenvalue weighted by Gasteiger charge is -2.27. The number of carboxylic acid groups (broad SMARTS) is 1. The molecule has 0 saturated carbocycles. The first-order valence-electron chi connectivity index (χ1n) is 6.85. The highest BCUT2D eigenvalue weighted by molar-refractivity contribution is 5.89. The number of aryl methyl sites for hydroxylation is 1. The van der Waals surface area contributed by atoms with Crippen LogP contribution in [0.15, 0.2) is 18.2 Å². The van der Waals surface area contributed by atoms with Crippen molar-refractivity contribution in [2.24, 2.45) is 0 Å². The summed E-state index contributed by atoms with van der Waals surface area (Å²) in [5.74, 6) is -0.873. The summed E-state index contributed by atoms with van der Waals surface area (Å²) in [6, 6.07) is 6.02. The summed E-state index contributed by atoms with van der Waals surface area (Å²) in [6.45, 7) is 3.09. The molecule has 1 aliphatic heterocycles. The highest BCUT2D eigenvalue weighted by Crippen LogP contribution is 2.29. The van der Waals surface area contributed by atoms with Gasteiger partial charge in [0, 0.05) is 24.9 Å². The molecule has 1 aromatic rings. The Morgan fingerprint density at radius 2 is 2.26 bits per heavy atom. The van der Waals surface area contributed by atoms with Crippen molar-refractivity contribution in [1.82, 2.24) is 0 Å². The lowest BCUT2D eigenvalue weighted by atomic mass is 10.1. The maximum Gasteiger partial charge on any atom is 0.335 e. The van der Waals surface area contributed by atoms with E-state index in [4.69, 9.17) is 10.2 Å². The Balaban J connectivity index is 2.16. The Morgan fingerprint density at radius 1 is 1.47 bits per heavy atom. The zero-order chi connectivity index (χ0) is 13.8. The molecule has 1 aromatic carbocycles. The number of rotatable bonds is 5. The molecule has 0 radical (unpaired) electrons. The van der Waals surface area contributed by atoms with Crippen LogP contribution in [0, 0.1) is 6.92 Å². The molecule has 1 heterocycles. The van der Waals surface area contributed by atoms with Gasteiger partial charge in [0.1, 0.15) is 0 Å². The average Bonchev–Trinajstić information content (AvgIpc) is 2.83. The lowest BCUT2D eigenvalue weighted by Crippen LogP contribution is -2.29. The van der Waals surface area contributed by atoms with E-state index < -0.39 is 5.97 Å². The molecule has 1 atom stereocenters. The Labute approximate surface area is 113 Å². The highest BCUT2D eigenvalue weighted by Gasteiger charge is 2.24. The van der Waals surface area contributed by atoms with Crippen LogP contribution in [0.1, 0.15) is 41.6 Å². The lowest BCUT2D eigenvalue weighted by molar-refractivity contribution is 0.0696. The Hall–Kier alpha value is -1.55. The molecular formula is C15H21NO3. The van der Waals surface area contributed by atoms with Crippen molar-refractivity contribution in [1.29, 1.82) is 0 Å². The number of aliphatic hydroxyl groups excluding tert-OH is 1. The fraction of sp³-hybridized carbons (Fsp3) is 0.533. The monoisotopic (exact) mass is 263 g/mol. The van der Waals surface area contributed by atoms with Gasteiger partial charge in [0.25, 0.3) is 0 Å². The first kappa shape index (κ1) is 13.9. The zero-order valence-corrected chi connectivity index (χ0v) is 11.3. The molecule has 104 valence electrons. The van der Waals surface area contributed by atoms with Gasteiger partial charge in [-0.25, -0.2) is 4.79 Å². The molecule has 4 heteroatoms. The molecule has 0 amide bonds. The van der Waals surface area contributed by atoms with Gasteiger partial charge in [-0.2, -0.15) is 0 Å². The van der Waals surface area contributed by atoms with Gasteiger partial charge in [0.05, 0.1) is 5.56 Å². The molecule has 0 aromatic heterocycles. The first-order valence-corrected chi connectivity index (χ1v) is 6.85. The SMILES string of the molecule is Cc1cc(N2CCCC2CCCO)ccc1C(=O)O. The van der Waals surface area contributed by atoms with E-state index in [1.54, 1.807) is 6.07 Å². The third kappa shape index (κ3) is 3.07. The number of carbonyl (C=O) groups is 1. The van der Waals surface area contributed by atoms with Crippen LogP contribution in [0.5, 0.6) is 0 Å². The van der Waals surface area contributed by atoms with Gasteiger partial charge in [-0.1, -0.05) is 0 Å². The van der Waals surface area contributed by atoms with E-state index in [1.165, 1.54) is 0 Å². The number of carboxylic acids is 1. The number of benzene rings is 1. The molecule has 0 aliphatic carbocycles. The average molecular weight is 263 g/mol. The van der Waals surface area contributed by atoms with Gasteiger partial charge in [-0.3, -0.25) is 0 Å². The second-order valence-electron chi connectivity index (χ2n) is 5.16. The molecule has 1 aliphatic rings. The van der Waals surface area contributed by atoms with Crippen molar-refractivity contribution < 1.29 is 15.0 Å². The molecule has 2 N–H and O–H groups in total. The second kappa shape index (κ2) is 6.06. The maximum absolute atomic E-state index is 11.0. The van der Waals surface area contributed by atoms with Crippen LogP contribution in [0.25, 0.3) is 0 Å². The first-order chi connectivity index (χ1) is 9.13. The van der Waals surface area contributed by atoms with Crippen molar-refractivity contribution >= 4 is 11.7 Å². The molecular weight excluding hydrogens is 242 g/mol. The zero-order valence-electron chi connectivity index (χ0n) is 11.3. The number of hydrogen-bond acceptors (Lipinski definition) is 3. The minimum Gasteiger partial charge on any atom is -0.478 e. The summed E-state index contributed by atoms with van der Waals surface area (Å²) in [5.41, 5.74) is 2.27. The molecule has 1 saturated heterocycles. The Morgan fingerprint density at radius 3 is 2.89 bits per heavy atom. The third-order valence-electron chi connectivity index (χ3n) is 3.84. The highest BCUT2D eigenvalue weighted by atomic mass is 16.4. The van der Waals surface area contributed by atoms with E-state index in [-0.39, 0.29) is 6.61 Å². The standard InChI is InChI=1S/C15H21NO3/c1-11-10-13(6-7-14(11)15(18)19)16-8-2-4-12(16)5-3-9-17/h6-7,10,12,17H,2-5,8-9H2,1H3,(H,18,19). The maximum atomic E-state index is 11.0. The van der Waals surface area contributed by atoms with Crippen LogP contribution < -0.4 is 4.90 Å². The van der Waals surface area contributed by atoms with Crippen molar-refractivity contribution in [3.8, 4) is 0 Å².